The van der Waals surface area contributed by atoms with Crippen LogP contribution in [0.5, 0.6) is 5.75 Å². The van der Waals surface area contributed by atoms with Gasteiger partial charge in [0.05, 0.1) is 15.9 Å². The van der Waals surface area contributed by atoms with Crippen molar-refractivity contribution >= 4 is 15.9 Å². The van der Waals surface area contributed by atoms with Gasteiger partial charge in [-0.25, -0.2) is 0 Å². The van der Waals surface area contributed by atoms with Crippen molar-refractivity contribution in [2.45, 2.75) is 54.2 Å². The highest BCUT2D eigenvalue weighted by molar-refractivity contribution is 9.10. The third-order valence-corrected chi connectivity index (χ3v) is 4.57. The summed E-state index contributed by atoms with van der Waals surface area (Å²) in [5.74, 6) is 0.981. The maximum atomic E-state index is 6.10. The Morgan fingerprint density at radius 2 is 1.76 bits per heavy atom. The van der Waals surface area contributed by atoms with Crippen LogP contribution in [0.4, 0.5) is 0 Å². The zero-order valence-corrected chi connectivity index (χ0v) is 15.0. The standard InChI is InChI=1S/C17H23BrN2O/c1-6-14-16(18)15(20(7-2)19-14)10-21-17-12(4)8-11(3)9-13(17)5/h8-9H,6-7,10H2,1-5H3. The predicted molar refractivity (Wildman–Crippen MR) is 90.0 cm³/mol. The number of halogens is 1. The van der Waals surface area contributed by atoms with E-state index in [0.717, 1.165) is 34.6 Å². The largest absolute Gasteiger partial charge is 0.487 e. The van der Waals surface area contributed by atoms with Gasteiger partial charge in [0, 0.05) is 6.54 Å². The van der Waals surface area contributed by atoms with Gasteiger partial charge in [-0.05, 0) is 61.2 Å². The molecule has 0 radical (unpaired) electrons. The fraction of sp³-hybridized carbons (Fsp3) is 0.471. The summed E-state index contributed by atoms with van der Waals surface area (Å²) < 4.78 is 9.19. The Morgan fingerprint density at radius 1 is 1.14 bits per heavy atom. The number of nitrogens with zero attached hydrogens (tertiary/aromatic N) is 2. The van der Waals surface area contributed by atoms with Crippen molar-refractivity contribution in [3.63, 3.8) is 0 Å². The van der Waals surface area contributed by atoms with Gasteiger partial charge in [-0.1, -0.05) is 24.6 Å². The molecule has 0 amide bonds. The van der Waals surface area contributed by atoms with Crippen molar-refractivity contribution in [2.75, 3.05) is 0 Å². The summed E-state index contributed by atoms with van der Waals surface area (Å²) in [6.07, 6.45) is 0.920. The van der Waals surface area contributed by atoms with Gasteiger partial charge in [-0.2, -0.15) is 5.10 Å². The van der Waals surface area contributed by atoms with E-state index in [2.05, 4.69) is 67.8 Å². The highest BCUT2D eigenvalue weighted by Crippen LogP contribution is 2.28. The van der Waals surface area contributed by atoms with Gasteiger partial charge >= 0.3 is 0 Å². The lowest BCUT2D eigenvalue weighted by Gasteiger charge is -2.14. The lowest BCUT2D eigenvalue weighted by Crippen LogP contribution is -2.07. The monoisotopic (exact) mass is 350 g/mol. The highest BCUT2D eigenvalue weighted by Gasteiger charge is 2.15. The minimum Gasteiger partial charge on any atom is -0.487 e. The van der Waals surface area contributed by atoms with Crippen LogP contribution in [-0.4, -0.2) is 9.78 Å². The molecule has 0 saturated heterocycles. The van der Waals surface area contributed by atoms with Crippen LogP contribution in [0.3, 0.4) is 0 Å². The molecule has 4 heteroatoms. The number of aryl methyl sites for hydroxylation is 5. The normalized spacial score (nSPS) is 11.0. The molecule has 0 atom stereocenters. The summed E-state index contributed by atoms with van der Waals surface area (Å²) in [5, 5.41) is 4.61. The lowest BCUT2D eigenvalue weighted by atomic mass is 10.1. The molecule has 21 heavy (non-hydrogen) atoms. The SMILES string of the molecule is CCc1nn(CC)c(COc2c(C)cc(C)cc2C)c1Br. The molecule has 2 rings (SSSR count). The third-order valence-electron chi connectivity index (χ3n) is 3.65. The first-order valence-electron chi connectivity index (χ1n) is 7.42. The molecule has 0 saturated carbocycles. The summed E-state index contributed by atoms with van der Waals surface area (Å²) >= 11 is 3.66. The average Bonchev–Trinajstić information content (AvgIpc) is 2.73. The number of ether oxygens (including phenoxy) is 1. The molecule has 2 aromatic rings. The lowest BCUT2D eigenvalue weighted by molar-refractivity contribution is 0.288. The van der Waals surface area contributed by atoms with Crippen molar-refractivity contribution in [2.24, 2.45) is 0 Å². The number of hydrogen-bond donors (Lipinski definition) is 0. The van der Waals surface area contributed by atoms with Crippen molar-refractivity contribution in [1.82, 2.24) is 9.78 Å². The quantitative estimate of drug-likeness (QED) is 0.779. The molecular weight excluding hydrogens is 328 g/mol. The smallest absolute Gasteiger partial charge is 0.131 e. The Labute approximate surface area is 135 Å². The van der Waals surface area contributed by atoms with Gasteiger partial charge in [0.1, 0.15) is 12.4 Å². The first-order valence-corrected chi connectivity index (χ1v) is 8.21. The summed E-state index contributed by atoms with van der Waals surface area (Å²) in [7, 11) is 0. The second-order valence-electron chi connectivity index (χ2n) is 5.39. The zero-order valence-electron chi connectivity index (χ0n) is 13.5. The number of benzene rings is 1. The summed E-state index contributed by atoms with van der Waals surface area (Å²) in [4.78, 5) is 0. The number of rotatable bonds is 5. The van der Waals surface area contributed by atoms with Crippen LogP contribution in [0.1, 0.15) is 41.9 Å². The fourth-order valence-electron chi connectivity index (χ4n) is 2.69. The summed E-state index contributed by atoms with van der Waals surface area (Å²) in [5.41, 5.74) is 5.83. The minimum absolute atomic E-state index is 0.534. The molecule has 0 unspecified atom stereocenters. The molecule has 0 aliphatic heterocycles. The molecule has 1 aromatic carbocycles. The van der Waals surface area contributed by atoms with E-state index in [1.165, 1.54) is 16.7 Å². The maximum Gasteiger partial charge on any atom is 0.131 e. The first-order chi connectivity index (χ1) is 9.97. The first kappa shape index (κ1) is 16.1. The molecule has 0 aliphatic rings. The topological polar surface area (TPSA) is 27.1 Å². The molecule has 0 fully saturated rings. The number of hydrogen-bond acceptors (Lipinski definition) is 2. The van der Waals surface area contributed by atoms with E-state index in [-0.39, 0.29) is 0 Å². The number of aromatic nitrogens is 2. The summed E-state index contributed by atoms with van der Waals surface area (Å²) in [6, 6.07) is 4.32. The molecule has 0 bridgehead atoms. The van der Waals surface area contributed by atoms with Gasteiger partial charge in [0.15, 0.2) is 0 Å². The van der Waals surface area contributed by atoms with E-state index >= 15 is 0 Å². The van der Waals surface area contributed by atoms with Crippen molar-refractivity contribution < 1.29 is 4.74 Å². The molecular formula is C17H23BrN2O. The van der Waals surface area contributed by atoms with Crippen molar-refractivity contribution in [1.29, 1.82) is 0 Å². The third kappa shape index (κ3) is 3.31. The Morgan fingerprint density at radius 3 is 2.29 bits per heavy atom. The molecule has 1 aromatic heterocycles. The van der Waals surface area contributed by atoms with Gasteiger partial charge in [0.25, 0.3) is 0 Å². The second kappa shape index (κ2) is 6.65. The van der Waals surface area contributed by atoms with E-state index < -0.39 is 0 Å². The van der Waals surface area contributed by atoms with Gasteiger partial charge in [-0.15, -0.1) is 0 Å². The van der Waals surface area contributed by atoms with Crippen LogP contribution in [0.15, 0.2) is 16.6 Å². The van der Waals surface area contributed by atoms with Crippen LogP contribution < -0.4 is 4.74 Å². The fourth-order valence-corrected chi connectivity index (χ4v) is 3.37. The summed E-state index contributed by atoms with van der Waals surface area (Å²) in [6.45, 7) is 11.9. The van der Waals surface area contributed by atoms with Crippen LogP contribution in [0, 0.1) is 20.8 Å². The average molecular weight is 351 g/mol. The molecule has 114 valence electrons. The van der Waals surface area contributed by atoms with Crippen molar-refractivity contribution in [3.05, 3.63) is 44.7 Å². The van der Waals surface area contributed by atoms with Crippen molar-refractivity contribution in [3.8, 4) is 5.75 Å². The van der Waals surface area contributed by atoms with Gasteiger partial charge in [0.2, 0.25) is 0 Å². The molecule has 0 aliphatic carbocycles. The van der Waals surface area contributed by atoms with E-state index in [1.807, 2.05) is 4.68 Å². The maximum absolute atomic E-state index is 6.10. The van der Waals surface area contributed by atoms with Crippen LogP contribution in [0.2, 0.25) is 0 Å². The molecule has 0 spiro atoms. The predicted octanol–water partition coefficient (Wildman–Crippen LogP) is 4.73. The Kier molecular flexibility index (Phi) is 5.09. The van der Waals surface area contributed by atoms with E-state index in [9.17, 15) is 0 Å². The van der Waals surface area contributed by atoms with E-state index in [0.29, 0.717) is 6.61 Å². The van der Waals surface area contributed by atoms with E-state index in [4.69, 9.17) is 4.74 Å². The Hall–Kier alpha value is -1.29. The Balaban J connectivity index is 2.26. The van der Waals surface area contributed by atoms with Crippen LogP contribution in [-0.2, 0) is 19.6 Å². The minimum atomic E-state index is 0.534. The molecule has 3 nitrogen and oxygen atoms in total. The zero-order chi connectivity index (χ0) is 15.6. The van der Waals surface area contributed by atoms with Crippen LogP contribution >= 0.6 is 15.9 Å². The van der Waals surface area contributed by atoms with Crippen LogP contribution in [0.25, 0.3) is 0 Å². The van der Waals surface area contributed by atoms with Gasteiger partial charge in [-0.3, -0.25) is 4.68 Å². The molecule has 1 heterocycles. The molecule has 0 N–H and O–H groups in total. The second-order valence-corrected chi connectivity index (χ2v) is 6.19. The van der Waals surface area contributed by atoms with E-state index in [1.54, 1.807) is 0 Å². The van der Waals surface area contributed by atoms with Gasteiger partial charge < -0.3 is 4.74 Å². The Bertz CT molecular complexity index is 623. The highest BCUT2D eigenvalue weighted by atomic mass is 79.9.